The summed E-state index contributed by atoms with van der Waals surface area (Å²) >= 11 is 0. The van der Waals surface area contributed by atoms with E-state index >= 15 is 0 Å². The molecule has 16 heavy (non-hydrogen) atoms. The molecular formula is C14H15NO. The minimum Gasteiger partial charge on any atom is -0.618 e. The lowest BCUT2D eigenvalue weighted by atomic mass is 9.98. The molecule has 0 aliphatic rings. The van der Waals surface area contributed by atoms with Crippen LogP contribution >= 0.6 is 0 Å². The van der Waals surface area contributed by atoms with Crippen molar-refractivity contribution in [2.75, 3.05) is 0 Å². The van der Waals surface area contributed by atoms with Crippen LogP contribution in [0.25, 0.3) is 0 Å². The van der Waals surface area contributed by atoms with Gasteiger partial charge in [-0.25, -0.2) is 0 Å². The van der Waals surface area contributed by atoms with E-state index in [1.165, 1.54) is 16.7 Å². The molecule has 0 unspecified atom stereocenters. The van der Waals surface area contributed by atoms with Crippen molar-refractivity contribution in [2.45, 2.75) is 20.3 Å². The Morgan fingerprint density at radius 3 is 2.31 bits per heavy atom. The monoisotopic (exact) mass is 213 g/mol. The van der Waals surface area contributed by atoms with E-state index in [9.17, 15) is 5.21 Å². The summed E-state index contributed by atoms with van der Waals surface area (Å²) in [7, 11) is 0. The van der Waals surface area contributed by atoms with Crippen LogP contribution < -0.4 is 4.73 Å². The summed E-state index contributed by atoms with van der Waals surface area (Å²) in [6.45, 7) is 4.17. The second-order valence-corrected chi connectivity index (χ2v) is 4.06. The molecule has 2 aromatic rings. The molecule has 2 heteroatoms. The van der Waals surface area contributed by atoms with Crippen molar-refractivity contribution in [1.82, 2.24) is 0 Å². The molecule has 1 heterocycles. The second-order valence-electron chi connectivity index (χ2n) is 4.06. The summed E-state index contributed by atoms with van der Waals surface area (Å²) in [5.41, 5.74) is 4.52. The predicted molar refractivity (Wildman–Crippen MR) is 64.1 cm³/mol. The van der Waals surface area contributed by atoms with Crippen LogP contribution in [0.3, 0.4) is 0 Å². The maximum Gasteiger partial charge on any atom is 0.197 e. The number of benzene rings is 1. The molecular weight excluding hydrogens is 198 g/mol. The SMILES string of the molecule is Cc1cccc(C)c1Cc1cccc[n+]1[O-]. The molecule has 0 amide bonds. The topological polar surface area (TPSA) is 26.9 Å². The second kappa shape index (κ2) is 4.35. The van der Waals surface area contributed by atoms with E-state index < -0.39 is 0 Å². The highest BCUT2D eigenvalue weighted by atomic mass is 16.5. The zero-order valence-electron chi connectivity index (χ0n) is 9.60. The van der Waals surface area contributed by atoms with Gasteiger partial charge >= 0.3 is 0 Å². The van der Waals surface area contributed by atoms with Gasteiger partial charge in [0, 0.05) is 12.1 Å². The third kappa shape index (κ3) is 2.06. The predicted octanol–water partition coefficient (Wildman–Crippen LogP) is 2.53. The molecule has 0 atom stereocenters. The highest BCUT2D eigenvalue weighted by Gasteiger charge is 2.09. The number of aromatic nitrogens is 1. The van der Waals surface area contributed by atoms with Gasteiger partial charge in [0.1, 0.15) is 0 Å². The maximum absolute atomic E-state index is 11.6. The van der Waals surface area contributed by atoms with Crippen molar-refractivity contribution in [3.8, 4) is 0 Å². The minimum absolute atomic E-state index is 0.697. The summed E-state index contributed by atoms with van der Waals surface area (Å²) in [5.74, 6) is 0. The molecule has 2 nitrogen and oxygen atoms in total. The first kappa shape index (κ1) is 10.7. The van der Waals surface area contributed by atoms with Crippen molar-refractivity contribution in [1.29, 1.82) is 0 Å². The van der Waals surface area contributed by atoms with Crippen LogP contribution in [-0.2, 0) is 6.42 Å². The fourth-order valence-electron chi connectivity index (χ4n) is 1.91. The van der Waals surface area contributed by atoms with Crippen LogP contribution in [0, 0.1) is 19.1 Å². The molecule has 0 saturated heterocycles. The Balaban J connectivity index is 2.38. The molecule has 82 valence electrons. The lowest BCUT2D eigenvalue weighted by Crippen LogP contribution is -2.31. The Kier molecular flexibility index (Phi) is 2.91. The molecule has 0 aliphatic carbocycles. The Bertz CT molecular complexity index is 486. The van der Waals surface area contributed by atoms with Gasteiger partial charge in [0.2, 0.25) is 0 Å². The van der Waals surface area contributed by atoms with Crippen molar-refractivity contribution in [2.24, 2.45) is 0 Å². The van der Waals surface area contributed by atoms with E-state index in [4.69, 9.17) is 0 Å². The Morgan fingerprint density at radius 2 is 1.69 bits per heavy atom. The average molecular weight is 213 g/mol. The van der Waals surface area contributed by atoms with Crippen LogP contribution in [0.1, 0.15) is 22.4 Å². The summed E-state index contributed by atoms with van der Waals surface area (Å²) in [4.78, 5) is 0. The molecule has 0 N–H and O–H groups in total. The minimum atomic E-state index is 0.697. The number of aryl methyl sites for hydroxylation is 2. The fourth-order valence-corrected chi connectivity index (χ4v) is 1.91. The Labute approximate surface area is 95.8 Å². The van der Waals surface area contributed by atoms with E-state index in [2.05, 4.69) is 26.0 Å². The third-order valence-electron chi connectivity index (χ3n) is 2.91. The molecule has 0 saturated carbocycles. The van der Waals surface area contributed by atoms with Gasteiger partial charge < -0.3 is 5.21 Å². The van der Waals surface area contributed by atoms with Crippen LogP contribution in [-0.4, -0.2) is 0 Å². The molecule has 0 spiro atoms. The summed E-state index contributed by atoms with van der Waals surface area (Å²) < 4.78 is 0.936. The summed E-state index contributed by atoms with van der Waals surface area (Å²) in [6.07, 6.45) is 2.24. The lowest BCUT2D eigenvalue weighted by Gasteiger charge is -2.09. The smallest absolute Gasteiger partial charge is 0.197 e. The normalized spacial score (nSPS) is 10.4. The molecule has 1 aromatic heterocycles. The van der Waals surface area contributed by atoms with Gasteiger partial charge in [-0.1, -0.05) is 24.3 Å². The van der Waals surface area contributed by atoms with Gasteiger partial charge in [-0.05, 0) is 30.5 Å². The van der Waals surface area contributed by atoms with Crippen molar-refractivity contribution < 1.29 is 4.73 Å². The number of rotatable bonds is 2. The molecule has 1 aromatic carbocycles. The molecule has 0 radical (unpaired) electrons. The van der Waals surface area contributed by atoms with Gasteiger partial charge in [-0.3, -0.25) is 0 Å². The van der Waals surface area contributed by atoms with Crippen LogP contribution in [0.5, 0.6) is 0 Å². The first-order valence-electron chi connectivity index (χ1n) is 5.40. The quantitative estimate of drug-likeness (QED) is 0.556. The molecule has 0 bridgehead atoms. The Hall–Kier alpha value is -1.83. The molecule has 0 fully saturated rings. The average Bonchev–Trinajstić information content (AvgIpc) is 2.26. The summed E-state index contributed by atoms with van der Waals surface area (Å²) in [5, 5.41) is 11.6. The van der Waals surface area contributed by atoms with E-state index in [0.717, 1.165) is 10.4 Å². The molecule has 2 rings (SSSR count). The highest BCUT2D eigenvalue weighted by molar-refractivity contribution is 5.35. The number of hydrogen-bond acceptors (Lipinski definition) is 1. The van der Waals surface area contributed by atoms with Gasteiger partial charge in [0.25, 0.3) is 0 Å². The van der Waals surface area contributed by atoms with Crippen LogP contribution in [0.15, 0.2) is 42.6 Å². The van der Waals surface area contributed by atoms with Gasteiger partial charge in [0.15, 0.2) is 11.9 Å². The number of nitrogens with zero attached hydrogens (tertiary/aromatic N) is 1. The first-order chi connectivity index (χ1) is 7.68. The van der Waals surface area contributed by atoms with E-state index in [1.807, 2.05) is 18.2 Å². The van der Waals surface area contributed by atoms with Crippen molar-refractivity contribution in [3.05, 3.63) is 70.2 Å². The van der Waals surface area contributed by atoms with E-state index in [-0.39, 0.29) is 0 Å². The van der Waals surface area contributed by atoms with Crippen molar-refractivity contribution >= 4 is 0 Å². The lowest BCUT2D eigenvalue weighted by molar-refractivity contribution is -0.613. The van der Waals surface area contributed by atoms with Gasteiger partial charge in [0.05, 0.1) is 6.42 Å². The van der Waals surface area contributed by atoms with E-state index in [0.29, 0.717) is 6.42 Å². The first-order valence-corrected chi connectivity index (χ1v) is 5.40. The maximum atomic E-state index is 11.6. The van der Waals surface area contributed by atoms with E-state index in [1.54, 1.807) is 12.3 Å². The molecule has 0 aliphatic heterocycles. The largest absolute Gasteiger partial charge is 0.618 e. The zero-order chi connectivity index (χ0) is 11.5. The highest BCUT2D eigenvalue weighted by Crippen LogP contribution is 2.16. The Morgan fingerprint density at radius 1 is 1.00 bits per heavy atom. The van der Waals surface area contributed by atoms with Crippen LogP contribution in [0.4, 0.5) is 0 Å². The standard InChI is InChI=1S/C14H15NO/c1-11-6-5-7-12(2)14(11)10-13-8-3-4-9-15(13)16/h3-9H,10H2,1-2H3. The van der Waals surface area contributed by atoms with Gasteiger partial charge in [-0.2, -0.15) is 4.73 Å². The summed E-state index contributed by atoms with van der Waals surface area (Å²) in [6, 6.07) is 11.7. The van der Waals surface area contributed by atoms with Crippen LogP contribution in [0.2, 0.25) is 0 Å². The number of pyridine rings is 1. The fraction of sp³-hybridized carbons (Fsp3) is 0.214. The third-order valence-corrected chi connectivity index (χ3v) is 2.91. The zero-order valence-corrected chi connectivity index (χ0v) is 9.60. The van der Waals surface area contributed by atoms with Crippen molar-refractivity contribution in [3.63, 3.8) is 0 Å². The van der Waals surface area contributed by atoms with Gasteiger partial charge in [-0.15, -0.1) is 0 Å². The number of hydrogen-bond donors (Lipinski definition) is 0.